The van der Waals surface area contributed by atoms with Gasteiger partial charge in [-0.3, -0.25) is 4.79 Å². The summed E-state index contributed by atoms with van der Waals surface area (Å²) in [4.78, 5) is 11.8. The molecule has 2 rings (SSSR count). The van der Waals surface area contributed by atoms with Crippen LogP contribution in [0.5, 0.6) is 5.75 Å². The highest BCUT2D eigenvalue weighted by atomic mass is 16.5. The molecule has 0 heterocycles. The van der Waals surface area contributed by atoms with Gasteiger partial charge in [-0.1, -0.05) is 12.1 Å². The summed E-state index contributed by atoms with van der Waals surface area (Å²) in [6.07, 6.45) is 2.33. The van der Waals surface area contributed by atoms with Crippen LogP contribution in [0.15, 0.2) is 18.2 Å². The van der Waals surface area contributed by atoms with Crippen molar-refractivity contribution in [1.82, 2.24) is 5.32 Å². The number of carbonyl (C=O) groups is 1. The topological polar surface area (TPSA) is 64.3 Å². The van der Waals surface area contributed by atoms with Crippen LogP contribution in [0.4, 0.5) is 0 Å². The number of aryl methyl sites for hydroxylation is 2. The molecule has 4 nitrogen and oxygen atoms in total. The van der Waals surface area contributed by atoms with Gasteiger partial charge in [0.1, 0.15) is 5.75 Å². The molecule has 0 spiro atoms. The molecule has 0 radical (unpaired) electrons. The minimum absolute atomic E-state index is 0.0491. The predicted molar refractivity (Wildman–Crippen MR) is 75.1 cm³/mol. The fraction of sp³-hybridized carbons (Fsp3) is 0.533. The Bertz CT molecular complexity index is 455. The lowest BCUT2D eigenvalue weighted by atomic mass is 10.1. The molecule has 1 fully saturated rings. The van der Waals surface area contributed by atoms with Crippen LogP contribution in [0, 0.1) is 19.8 Å². The summed E-state index contributed by atoms with van der Waals surface area (Å²) >= 11 is 0. The molecule has 1 amide bonds. The van der Waals surface area contributed by atoms with Crippen molar-refractivity contribution in [2.45, 2.75) is 32.7 Å². The van der Waals surface area contributed by atoms with Gasteiger partial charge in [0.2, 0.25) is 0 Å². The molecule has 0 aromatic heterocycles. The van der Waals surface area contributed by atoms with E-state index >= 15 is 0 Å². The molecule has 1 aromatic rings. The van der Waals surface area contributed by atoms with Gasteiger partial charge in [-0.25, -0.2) is 0 Å². The van der Waals surface area contributed by atoms with Gasteiger partial charge in [-0.05, 0) is 49.8 Å². The molecule has 1 saturated carbocycles. The van der Waals surface area contributed by atoms with Crippen molar-refractivity contribution in [3.05, 3.63) is 29.3 Å². The first-order chi connectivity index (χ1) is 9.10. The van der Waals surface area contributed by atoms with Gasteiger partial charge in [0.05, 0.1) is 0 Å². The standard InChI is InChI=1S/C15H22N2O2/c1-10-3-4-11(2)14(7-10)19-9-15(18)17-13(8-16)12-5-6-12/h3-4,7,12-13H,5-6,8-9,16H2,1-2H3,(H,17,18). The summed E-state index contributed by atoms with van der Waals surface area (Å²) in [5.41, 5.74) is 7.82. The molecule has 19 heavy (non-hydrogen) atoms. The van der Waals surface area contributed by atoms with E-state index in [0.29, 0.717) is 12.5 Å². The van der Waals surface area contributed by atoms with Gasteiger partial charge < -0.3 is 15.8 Å². The molecule has 1 atom stereocenters. The maximum Gasteiger partial charge on any atom is 0.258 e. The van der Waals surface area contributed by atoms with Crippen LogP contribution < -0.4 is 15.8 Å². The van der Waals surface area contributed by atoms with Gasteiger partial charge in [0.15, 0.2) is 6.61 Å². The fourth-order valence-electron chi connectivity index (χ4n) is 2.12. The molecule has 3 N–H and O–H groups in total. The highest BCUT2D eigenvalue weighted by molar-refractivity contribution is 5.78. The molecule has 104 valence electrons. The lowest BCUT2D eigenvalue weighted by Crippen LogP contribution is -2.43. The van der Waals surface area contributed by atoms with E-state index in [1.54, 1.807) is 0 Å². The molecule has 0 saturated heterocycles. The van der Waals surface area contributed by atoms with Crippen LogP contribution in [-0.2, 0) is 4.79 Å². The molecule has 1 aliphatic carbocycles. The lowest BCUT2D eigenvalue weighted by Gasteiger charge is -2.16. The predicted octanol–water partition coefficient (Wildman–Crippen LogP) is 1.54. The highest BCUT2D eigenvalue weighted by Gasteiger charge is 2.31. The summed E-state index contributed by atoms with van der Waals surface area (Å²) in [6.45, 7) is 4.52. The number of hydrogen-bond donors (Lipinski definition) is 2. The maximum absolute atomic E-state index is 11.8. The third kappa shape index (κ3) is 3.96. The van der Waals surface area contributed by atoms with Gasteiger partial charge in [-0.2, -0.15) is 0 Å². The first-order valence-corrected chi connectivity index (χ1v) is 6.79. The fourth-order valence-corrected chi connectivity index (χ4v) is 2.12. The van der Waals surface area contributed by atoms with Crippen molar-refractivity contribution in [1.29, 1.82) is 0 Å². The number of ether oxygens (including phenoxy) is 1. The molecule has 0 bridgehead atoms. The molecule has 1 aliphatic rings. The first kappa shape index (κ1) is 13.9. The Morgan fingerprint density at radius 2 is 2.21 bits per heavy atom. The summed E-state index contributed by atoms with van der Waals surface area (Å²) in [6, 6.07) is 6.08. The number of rotatable bonds is 6. The number of carbonyl (C=O) groups excluding carboxylic acids is 1. The van der Waals surface area contributed by atoms with Crippen molar-refractivity contribution in [2.75, 3.05) is 13.2 Å². The molecular formula is C15H22N2O2. The monoisotopic (exact) mass is 262 g/mol. The van der Waals surface area contributed by atoms with E-state index in [2.05, 4.69) is 5.32 Å². The summed E-state index contributed by atoms with van der Waals surface area (Å²) in [5.74, 6) is 1.24. The van der Waals surface area contributed by atoms with E-state index in [4.69, 9.17) is 10.5 Å². The van der Waals surface area contributed by atoms with Crippen LogP contribution in [-0.4, -0.2) is 25.1 Å². The van der Waals surface area contributed by atoms with E-state index in [1.807, 2.05) is 32.0 Å². The van der Waals surface area contributed by atoms with Crippen molar-refractivity contribution < 1.29 is 9.53 Å². The Balaban J connectivity index is 1.84. The minimum Gasteiger partial charge on any atom is -0.483 e. The number of benzene rings is 1. The molecule has 1 unspecified atom stereocenters. The maximum atomic E-state index is 11.8. The Morgan fingerprint density at radius 3 is 2.84 bits per heavy atom. The van der Waals surface area contributed by atoms with E-state index in [9.17, 15) is 4.79 Å². The highest BCUT2D eigenvalue weighted by Crippen LogP contribution is 2.32. The van der Waals surface area contributed by atoms with Crippen molar-refractivity contribution in [3.63, 3.8) is 0 Å². The number of nitrogens with one attached hydrogen (secondary N) is 1. The summed E-state index contributed by atoms with van der Waals surface area (Å²) < 4.78 is 5.57. The largest absolute Gasteiger partial charge is 0.483 e. The summed E-state index contributed by atoms with van der Waals surface area (Å²) in [5, 5.41) is 2.94. The van der Waals surface area contributed by atoms with Crippen LogP contribution in [0.25, 0.3) is 0 Å². The normalized spacial score (nSPS) is 15.9. The van der Waals surface area contributed by atoms with Crippen molar-refractivity contribution in [2.24, 2.45) is 11.7 Å². The second-order valence-corrected chi connectivity index (χ2v) is 5.30. The average Bonchev–Trinajstić information content (AvgIpc) is 3.21. The molecular weight excluding hydrogens is 240 g/mol. The second kappa shape index (κ2) is 6.06. The SMILES string of the molecule is Cc1ccc(C)c(OCC(=O)NC(CN)C2CC2)c1. The zero-order chi connectivity index (χ0) is 13.8. The summed E-state index contributed by atoms with van der Waals surface area (Å²) in [7, 11) is 0. The Labute approximate surface area is 114 Å². The molecule has 4 heteroatoms. The number of hydrogen-bond acceptors (Lipinski definition) is 3. The van der Waals surface area contributed by atoms with Crippen molar-refractivity contribution >= 4 is 5.91 Å². The van der Waals surface area contributed by atoms with Crippen LogP contribution >= 0.6 is 0 Å². The smallest absolute Gasteiger partial charge is 0.258 e. The second-order valence-electron chi connectivity index (χ2n) is 5.30. The zero-order valence-corrected chi connectivity index (χ0v) is 11.6. The van der Waals surface area contributed by atoms with Gasteiger partial charge >= 0.3 is 0 Å². The third-order valence-corrected chi connectivity index (χ3v) is 3.49. The Kier molecular flexibility index (Phi) is 4.43. The van der Waals surface area contributed by atoms with E-state index < -0.39 is 0 Å². The van der Waals surface area contributed by atoms with Gasteiger partial charge in [0, 0.05) is 12.6 Å². The lowest BCUT2D eigenvalue weighted by molar-refractivity contribution is -0.123. The van der Waals surface area contributed by atoms with E-state index in [-0.39, 0.29) is 18.6 Å². The third-order valence-electron chi connectivity index (χ3n) is 3.49. The van der Waals surface area contributed by atoms with E-state index in [1.165, 1.54) is 12.8 Å². The van der Waals surface area contributed by atoms with Gasteiger partial charge in [-0.15, -0.1) is 0 Å². The first-order valence-electron chi connectivity index (χ1n) is 6.79. The van der Waals surface area contributed by atoms with Gasteiger partial charge in [0.25, 0.3) is 5.91 Å². The quantitative estimate of drug-likeness (QED) is 0.817. The average molecular weight is 262 g/mol. The molecule has 1 aromatic carbocycles. The minimum atomic E-state index is -0.0942. The number of amides is 1. The Hall–Kier alpha value is -1.55. The van der Waals surface area contributed by atoms with Crippen LogP contribution in [0.3, 0.4) is 0 Å². The van der Waals surface area contributed by atoms with Crippen molar-refractivity contribution in [3.8, 4) is 5.75 Å². The van der Waals surface area contributed by atoms with Crippen LogP contribution in [0.2, 0.25) is 0 Å². The van der Waals surface area contributed by atoms with E-state index in [0.717, 1.165) is 16.9 Å². The van der Waals surface area contributed by atoms with Crippen LogP contribution in [0.1, 0.15) is 24.0 Å². The number of nitrogens with two attached hydrogens (primary N) is 1. The zero-order valence-electron chi connectivity index (χ0n) is 11.6. The molecule has 0 aliphatic heterocycles. The Morgan fingerprint density at radius 1 is 1.47 bits per heavy atom.